The van der Waals surface area contributed by atoms with Gasteiger partial charge in [-0.2, -0.15) is 0 Å². The highest BCUT2D eigenvalue weighted by Gasteiger charge is 2.52. The van der Waals surface area contributed by atoms with Crippen LogP contribution in [0.5, 0.6) is 0 Å². The summed E-state index contributed by atoms with van der Waals surface area (Å²) in [7, 11) is 0. The lowest BCUT2D eigenvalue weighted by molar-refractivity contribution is -0.147. The number of alkyl carbamates (subject to hydrolysis) is 4. The summed E-state index contributed by atoms with van der Waals surface area (Å²) in [4.78, 5) is 209. The molecular weight excluding hydrogens is 1930 g/mol. The highest BCUT2D eigenvalue weighted by Crippen LogP contribution is 2.31. The van der Waals surface area contributed by atoms with E-state index >= 15 is 0 Å². The fourth-order valence-electron chi connectivity index (χ4n) is 15.0. The summed E-state index contributed by atoms with van der Waals surface area (Å²) in [6.45, 7) is -2.59. The monoisotopic (exact) mass is 2060 g/mol. The van der Waals surface area contributed by atoms with Gasteiger partial charge in [-0.05, 0) is 101 Å². The van der Waals surface area contributed by atoms with Gasteiger partial charge < -0.3 is 207 Å². The Morgan fingerprint density at radius 1 is 0.306 bits per heavy atom. The Balaban J connectivity index is 1.54. The van der Waals surface area contributed by atoms with E-state index in [0.717, 1.165) is 52.0 Å². The molecule has 810 valence electrons. The Morgan fingerprint density at radius 2 is 0.479 bits per heavy atom. The summed E-state index contributed by atoms with van der Waals surface area (Å²) in [6.07, 6.45) is -19.6. The molecule has 0 aromatic rings. The summed E-state index contributed by atoms with van der Waals surface area (Å²) in [6, 6.07) is -10.5. The number of amides is 12. The molecule has 0 saturated heterocycles. The number of nitrogens with zero attached hydrogens (tertiary/aromatic N) is 2. The SMILES string of the molecule is CC(=O)N[C@@H]1[C@H]([C@H](OC(=O)NCCCCCNC(=O)CN(CCN(CC(=O)NCCCCCNC(=O)O[C@H](C(O)CO)[C@@H]2OC(C(=O)O)=C[C@H](NC(=N)N)[C@@H]2NC(C)=O)CC(=O)NCCCCCNC(=O)O[C@H](C(O)CO)[C@@H]2OC(C(=O)O)=C[C@H](NC(=N)N)[C@H]2NC(C)=O)CC(=O)NCCCCCNC(=O)O[C@H](C(O)CO)[C@@H]2OC(C(=O)O)=C[C@H](NC(=N)N)[C@H]2NC(C)=O)C(O)CO)OC(C(=O)O)=C[C@@H]1NC(=N)N. The lowest BCUT2D eigenvalue weighted by atomic mass is 9.92. The molecule has 4 rings (SSSR count). The number of nitrogens with two attached hydrogens (primary N) is 4. The van der Waals surface area contributed by atoms with Crippen molar-refractivity contribution in [3.63, 3.8) is 0 Å². The average Bonchev–Trinajstić information content (AvgIpc) is 0.801. The van der Waals surface area contributed by atoms with Crippen molar-refractivity contribution in [2.75, 3.05) is 118 Å². The molecule has 0 aromatic heterocycles. The Labute approximate surface area is 823 Å². The summed E-state index contributed by atoms with van der Waals surface area (Å²) < 4.78 is 44.1. The third-order valence-corrected chi connectivity index (χ3v) is 21.5. The van der Waals surface area contributed by atoms with E-state index in [1.54, 1.807) is 0 Å². The minimum atomic E-state index is -1.93. The molecule has 4 heterocycles. The second-order valence-corrected chi connectivity index (χ2v) is 33.2. The Hall–Kier alpha value is -14.4. The van der Waals surface area contributed by atoms with Gasteiger partial charge in [-0.1, -0.05) is 0 Å². The second-order valence-electron chi connectivity index (χ2n) is 33.2. The molecule has 40 N–H and O–H groups in total. The number of ether oxygens (including phenoxy) is 8. The minimum Gasteiger partial charge on any atom is -0.477 e. The molecular formula is C82H136N26O36. The standard InChI is InChI=1S/C82H136N26O36/c1-39(113)99-59-43(103-75(83)84)27-51(71(125)126)137-67(59)63(47(117)35-109)141-79(133)95-21-13-5-9-17-91-55(121)31-107(32-56(122)92-18-10-6-14-22-96-80(134)142-64(48(118)36-110)68-60(100-40(2)114)44(104-76(85)86)28-52(138-68)72(127)128)25-26-108(33-57(123)93-19-11-7-15-23-97-81(135)143-65(49(119)37-111)69-61(101-41(3)115)45(105-77(87)88)29-53(139-69)73(129)130)34-58(124)94-20-12-8-16-24-98-82(136)144-66(50(120)38-112)70-62(102-42(4)116)46(106-78(89)90)30-54(140-70)74(131)132/h27-30,43-50,59-70,109-112,117-120H,5-26,31-38H2,1-4H3,(H,91,121)(H,92,122)(H,93,123)(H,94,124)(H,95,133)(H,96,134)(H,97,135)(H,98,136)(H,99,113)(H,100,114)(H,101,115)(H,102,116)(H,125,126)(H,127,128)(H,129,130)(H,131,132)(H4,83,84,103)(H4,85,86,104)(H4,87,88,105)(H4,89,90,106)/t43-,44-,45-,46-,47?,48?,49?,50?,59-,60+,61-,62+,63+,64+,65+,66+,67+,68+,69+,70+/m0/s1. The lowest BCUT2D eigenvalue weighted by Gasteiger charge is -2.41. The molecule has 0 aromatic carbocycles. The van der Waals surface area contributed by atoms with E-state index in [1.807, 2.05) is 0 Å². The van der Waals surface area contributed by atoms with Crippen LogP contribution in [0.3, 0.4) is 0 Å². The number of rotatable bonds is 63. The number of carboxylic acid groups (broad SMARTS) is 4. The van der Waals surface area contributed by atoms with Crippen LogP contribution in [0.4, 0.5) is 19.2 Å². The van der Waals surface area contributed by atoms with Crippen molar-refractivity contribution in [3.05, 3.63) is 47.3 Å². The maximum Gasteiger partial charge on any atom is 0.407 e. The van der Waals surface area contributed by atoms with Gasteiger partial charge in [0, 0.05) is 93.1 Å². The van der Waals surface area contributed by atoms with Gasteiger partial charge in [0.25, 0.3) is 0 Å². The van der Waals surface area contributed by atoms with E-state index in [4.69, 9.17) is 82.5 Å². The van der Waals surface area contributed by atoms with Crippen LogP contribution in [0.2, 0.25) is 0 Å². The first-order valence-electron chi connectivity index (χ1n) is 45.5. The molecule has 62 nitrogen and oxygen atoms in total. The van der Waals surface area contributed by atoms with E-state index in [2.05, 4.69) is 85.1 Å². The molecule has 0 spiro atoms. The maximum atomic E-state index is 13.9. The fraction of sp³-hybridized carbons (Fsp3) is 0.659. The summed E-state index contributed by atoms with van der Waals surface area (Å²) in [5, 5.41) is 194. The van der Waals surface area contributed by atoms with Crippen molar-refractivity contribution < 1.29 is 176 Å². The van der Waals surface area contributed by atoms with Crippen LogP contribution < -0.4 is 108 Å². The molecule has 4 aliphatic rings. The number of unbranched alkanes of at least 4 members (excludes halogenated alkanes) is 8. The smallest absolute Gasteiger partial charge is 0.407 e. The zero-order valence-electron chi connectivity index (χ0n) is 79.4. The Kier molecular flexibility index (Phi) is 53.7. The Bertz CT molecular complexity index is 3960. The van der Waals surface area contributed by atoms with Crippen LogP contribution >= 0.6 is 0 Å². The van der Waals surface area contributed by atoms with E-state index in [1.165, 1.54) is 9.80 Å². The normalized spacial score (nSPS) is 21.0. The highest BCUT2D eigenvalue weighted by atomic mass is 16.6. The molecule has 0 aliphatic carbocycles. The largest absolute Gasteiger partial charge is 0.477 e. The number of hydrogen-bond acceptors (Lipinski definition) is 38. The van der Waals surface area contributed by atoms with Gasteiger partial charge in [-0.3, -0.25) is 69.8 Å². The third kappa shape index (κ3) is 44.4. The number of guanidine groups is 4. The number of aliphatic hydroxyl groups is 8. The van der Waals surface area contributed by atoms with Crippen LogP contribution in [0.25, 0.3) is 0 Å². The van der Waals surface area contributed by atoms with E-state index in [9.17, 15) is 138 Å². The first kappa shape index (κ1) is 122. The number of carbonyl (C=O) groups excluding carboxylic acids is 12. The molecule has 4 aliphatic heterocycles. The van der Waals surface area contributed by atoms with E-state index < -0.39 is 317 Å². The summed E-state index contributed by atoms with van der Waals surface area (Å²) >= 11 is 0. The van der Waals surface area contributed by atoms with Crippen molar-refractivity contribution in [1.82, 2.24) is 94.9 Å². The molecule has 0 fully saturated rings. The quantitative estimate of drug-likeness (QED) is 0.0116. The highest BCUT2D eigenvalue weighted by molar-refractivity contribution is 5.89. The first-order valence-corrected chi connectivity index (χ1v) is 45.5. The van der Waals surface area contributed by atoms with Gasteiger partial charge in [0.2, 0.25) is 70.3 Å². The van der Waals surface area contributed by atoms with Gasteiger partial charge in [-0.25, -0.2) is 38.4 Å². The topological polar surface area (TPSA) is 988 Å². The van der Waals surface area contributed by atoms with Crippen molar-refractivity contribution in [1.29, 1.82) is 21.6 Å². The molecule has 0 saturated carbocycles. The molecule has 0 radical (unpaired) electrons. The zero-order valence-corrected chi connectivity index (χ0v) is 79.4. The number of carbonyl (C=O) groups is 16. The van der Waals surface area contributed by atoms with Crippen LogP contribution in [0.1, 0.15) is 105 Å². The van der Waals surface area contributed by atoms with Crippen LogP contribution in [-0.4, -0.2) is 430 Å². The van der Waals surface area contributed by atoms with Crippen LogP contribution in [0.15, 0.2) is 47.3 Å². The number of hydrogen-bond donors (Lipinski definition) is 36. The van der Waals surface area contributed by atoms with Crippen molar-refractivity contribution >= 4 is 119 Å². The predicted molar refractivity (Wildman–Crippen MR) is 494 cm³/mol. The van der Waals surface area contributed by atoms with Crippen LogP contribution in [-0.2, 0) is 95.4 Å². The molecule has 62 heteroatoms. The molecule has 4 unspecified atom stereocenters. The average molecular weight is 2060 g/mol. The van der Waals surface area contributed by atoms with Gasteiger partial charge in [0.05, 0.1) is 101 Å². The van der Waals surface area contributed by atoms with Gasteiger partial charge >= 0.3 is 48.3 Å². The third-order valence-electron chi connectivity index (χ3n) is 21.5. The lowest BCUT2D eigenvalue weighted by Crippen LogP contribution is -2.65. The molecule has 144 heavy (non-hydrogen) atoms. The van der Waals surface area contributed by atoms with Gasteiger partial charge in [0.15, 0.2) is 72.7 Å². The number of nitrogens with one attached hydrogen (secondary N) is 20. The maximum absolute atomic E-state index is 13.9. The number of aliphatic hydroxyl groups excluding tert-OH is 8. The predicted octanol–water partition coefficient (Wildman–Crippen LogP) is -12.6. The minimum absolute atomic E-state index is 0.00697. The van der Waals surface area contributed by atoms with Crippen molar-refractivity contribution in [2.24, 2.45) is 22.9 Å². The summed E-state index contributed by atoms with van der Waals surface area (Å²) in [5.41, 5.74) is 22.1. The Morgan fingerprint density at radius 3 is 0.632 bits per heavy atom. The van der Waals surface area contributed by atoms with Gasteiger partial charge in [0.1, 0.15) is 24.4 Å². The summed E-state index contributed by atoms with van der Waals surface area (Å²) in [5.74, 6) is -17.5. The zero-order chi connectivity index (χ0) is 108. The molecule has 20 atom stereocenters. The number of carboxylic acids is 4. The molecule has 12 amide bonds. The van der Waals surface area contributed by atoms with Crippen molar-refractivity contribution in [2.45, 2.75) is 226 Å². The van der Waals surface area contributed by atoms with Gasteiger partial charge in [-0.15, -0.1) is 0 Å². The number of aliphatic carboxylic acids is 4. The van der Waals surface area contributed by atoms with Crippen molar-refractivity contribution in [3.8, 4) is 0 Å². The van der Waals surface area contributed by atoms with Crippen LogP contribution in [0, 0.1) is 21.6 Å². The first-order chi connectivity index (χ1) is 68.1. The van der Waals surface area contributed by atoms with E-state index in [-0.39, 0.29) is 117 Å². The second kappa shape index (κ2) is 63.5. The fourth-order valence-corrected chi connectivity index (χ4v) is 15.0. The molecule has 0 bridgehead atoms. The van der Waals surface area contributed by atoms with E-state index in [0.29, 0.717) is 25.7 Å².